The lowest BCUT2D eigenvalue weighted by molar-refractivity contribution is 0.185. The third-order valence-electron chi connectivity index (χ3n) is 3.27. The monoisotopic (exact) mass is 290 g/mol. The SMILES string of the molecule is CC(C)(C)c1ccc(NCC(O)Cc2n[nH]c(=O)[nH]2)cc1. The first-order valence-corrected chi connectivity index (χ1v) is 7.00. The molecule has 1 unspecified atom stereocenters. The Bertz CT molecular complexity index is 622. The number of hydrogen-bond acceptors (Lipinski definition) is 4. The van der Waals surface area contributed by atoms with Crippen LogP contribution in [0.2, 0.25) is 0 Å². The van der Waals surface area contributed by atoms with Crippen LogP contribution >= 0.6 is 0 Å². The zero-order valence-corrected chi connectivity index (χ0v) is 12.6. The van der Waals surface area contributed by atoms with E-state index in [-0.39, 0.29) is 11.1 Å². The van der Waals surface area contributed by atoms with Crippen LogP contribution in [0.1, 0.15) is 32.2 Å². The number of benzene rings is 1. The molecule has 0 spiro atoms. The van der Waals surface area contributed by atoms with Gasteiger partial charge in [-0.3, -0.25) is 4.98 Å². The van der Waals surface area contributed by atoms with Gasteiger partial charge < -0.3 is 10.4 Å². The van der Waals surface area contributed by atoms with Gasteiger partial charge in [-0.15, -0.1) is 0 Å². The Balaban J connectivity index is 1.86. The second-order valence-electron chi connectivity index (χ2n) is 6.19. The van der Waals surface area contributed by atoms with E-state index < -0.39 is 6.10 Å². The van der Waals surface area contributed by atoms with E-state index in [1.165, 1.54) is 5.56 Å². The molecule has 2 aromatic rings. The van der Waals surface area contributed by atoms with E-state index in [9.17, 15) is 9.90 Å². The van der Waals surface area contributed by atoms with Crippen molar-refractivity contribution in [3.8, 4) is 0 Å². The minimum atomic E-state index is -0.619. The second kappa shape index (κ2) is 6.13. The Kier molecular flexibility index (Phi) is 4.47. The van der Waals surface area contributed by atoms with E-state index >= 15 is 0 Å². The molecule has 2 rings (SSSR count). The largest absolute Gasteiger partial charge is 0.391 e. The molecule has 0 bridgehead atoms. The fourth-order valence-electron chi connectivity index (χ4n) is 2.02. The number of nitrogens with one attached hydrogen (secondary N) is 3. The zero-order valence-electron chi connectivity index (χ0n) is 12.6. The number of nitrogens with zero attached hydrogens (tertiary/aromatic N) is 1. The summed E-state index contributed by atoms with van der Waals surface area (Å²) in [4.78, 5) is 13.4. The average Bonchev–Trinajstić information content (AvgIpc) is 2.81. The molecule has 1 aromatic heterocycles. The van der Waals surface area contributed by atoms with Crippen molar-refractivity contribution in [2.45, 2.75) is 38.7 Å². The molecule has 0 amide bonds. The third-order valence-corrected chi connectivity index (χ3v) is 3.27. The van der Waals surface area contributed by atoms with Gasteiger partial charge in [-0.05, 0) is 23.1 Å². The van der Waals surface area contributed by atoms with Crippen LogP contribution < -0.4 is 11.0 Å². The van der Waals surface area contributed by atoms with Crippen molar-refractivity contribution >= 4 is 5.69 Å². The molecule has 0 fully saturated rings. The summed E-state index contributed by atoms with van der Waals surface area (Å²) in [5, 5.41) is 19.1. The number of aromatic nitrogens is 3. The molecule has 0 saturated carbocycles. The number of aliphatic hydroxyl groups is 1. The van der Waals surface area contributed by atoms with Gasteiger partial charge in [-0.2, -0.15) is 5.10 Å². The Morgan fingerprint density at radius 2 is 1.95 bits per heavy atom. The van der Waals surface area contributed by atoms with Gasteiger partial charge in [-0.1, -0.05) is 32.9 Å². The standard InChI is InChI=1S/C15H22N4O2/c1-15(2,3)10-4-6-11(7-5-10)16-9-12(20)8-13-17-14(21)19-18-13/h4-7,12,16,20H,8-9H2,1-3H3,(H2,17,18,19,21). The highest BCUT2D eigenvalue weighted by molar-refractivity contribution is 5.45. The molecule has 1 atom stereocenters. The summed E-state index contributed by atoms with van der Waals surface area (Å²) in [6.07, 6.45) is -0.322. The van der Waals surface area contributed by atoms with E-state index in [1.54, 1.807) is 0 Å². The number of hydrogen-bond donors (Lipinski definition) is 4. The Hall–Kier alpha value is -2.08. The van der Waals surface area contributed by atoms with Gasteiger partial charge in [0.15, 0.2) is 0 Å². The third kappa shape index (κ3) is 4.46. The minimum Gasteiger partial charge on any atom is -0.391 e. The average molecular weight is 290 g/mol. The summed E-state index contributed by atoms with van der Waals surface area (Å²) in [5.41, 5.74) is 1.99. The maximum atomic E-state index is 10.9. The maximum Gasteiger partial charge on any atom is 0.340 e. The lowest BCUT2D eigenvalue weighted by Gasteiger charge is -2.19. The topological polar surface area (TPSA) is 93.8 Å². The molecular weight excluding hydrogens is 268 g/mol. The summed E-state index contributed by atoms with van der Waals surface area (Å²) in [5.74, 6) is 0.456. The van der Waals surface area contributed by atoms with Crippen molar-refractivity contribution in [2.75, 3.05) is 11.9 Å². The fraction of sp³-hybridized carbons (Fsp3) is 0.467. The van der Waals surface area contributed by atoms with Crippen molar-refractivity contribution < 1.29 is 5.11 Å². The number of rotatable bonds is 5. The van der Waals surface area contributed by atoms with E-state index in [1.807, 2.05) is 12.1 Å². The fourth-order valence-corrected chi connectivity index (χ4v) is 2.02. The quantitative estimate of drug-likeness (QED) is 0.670. The highest BCUT2D eigenvalue weighted by atomic mass is 16.3. The van der Waals surface area contributed by atoms with E-state index in [0.717, 1.165) is 5.69 Å². The first-order chi connectivity index (χ1) is 9.84. The Morgan fingerprint density at radius 1 is 1.29 bits per heavy atom. The Labute approximate surface area is 123 Å². The highest BCUT2D eigenvalue weighted by Gasteiger charge is 2.13. The first-order valence-electron chi connectivity index (χ1n) is 7.00. The van der Waals surface area contributed by atoms with Crippen molar-refractivity contribution in [1.82, 2.24) is 15.2 Å². The van der Waals surface area contributed by atoms with E-state index in [4.69, 9.17) is 0 Å². The highest BCUT2D eigenvalue weighted by Crippen LogP contribution is 2.23. The van der Waals surface area contributed by atoms with Crippen LogP contribution in [0.4, 0.5) is 5.69 Å². The van der Waals surface area contributed by atoms with Crippen LogP contribution in [0, 0.1) is 0 Å². The second-order valence-corrected chi connectivity index (χ2v) is 6.19. The molecule has 0 radical (unpaired) electrons. The lowest BCUT2D eigenvalue weighted by atomic mass is 9.87. The van der Waals surface area contributed by atoms with E-state index in [0.29, 0.717) is 18.8 Å². The van der Waals surface area contributed by atoms with Gasteiger partial charge in [0.1, 0.15) is 5.82 Å². The predicted octanol–water partition coefficient (Wildman–Crippen LogP) is 1.41. The van der Waals surface area contributed by atoms with Crippen LogP contribution in [0.3, 0.4) is 0 Å². The Morgan fingerprint density at radius 3 is 2.48 bits per heavy atom. The van der Waals surface area contributed by atoms with Gasteiger partial charge in [0, 0.05) is 18.7 Å². The molecule has 0 aliphatic rings. The molecule has 6 nitrogen and oxygen atoms in total. The van der Waals surface area contributed by atoms with Crippen LogP contribution in [-0.2, 0) is 11.8 Å². The molecule has 114 valence electrons. The van der Waals surface area contributed by atoms with Gasteiger partial charge in [0.05, 0.1) is 6.10 Å². The summed E-state index contributed by atoms with van der Waals surface area (Å²) in [6.45, 7) is 6.90. The van der Waals surface area contributed by atoms with Gasteiger partial charge >= 0.3 is 5.69 Å². The molecule has 6 heteroatoms. The summed E-state index contributed by atoms with van der Waals surface area (Å²) < 4.78 is 0. The molecule has 0 aliphatic carbocycles. The molecule has 1 aromatic carbocycles. The first kappa shape index (κ1) is 15.3. The summed E-state index contributed by atoms with van der Waals surface area (Å²) in [6, 6.07) is 8.17. The maximum absolute atomic E-state index is 10.9. The number of aliphatic hydroxyl groups excluding tert-OH is 1. The van der Waals surface area contributed by atoms with E-state index in [2.05, 4.69) is 53.4 Å². The molecule has 1 heterocycles. The smallest absolute Gasteiger partial charge is 0.340 e. The predicted molar refractivity (Wildman–Crippen MR) is 82.6 cm³/mol. The van der Waals surface area contributed by atoms with Crippen molar-refractivity contribution in [3.05, 3.63) is 46.1 Å². The lowest BCUT2D eigenvalue weighted by Crippen LogP contribution is -2.22. The molecule has 0 saturated heterocycles. The summed E-state index contributed by atoms with van der Waals surface area (Å²) in [7, 11) is 0. The van der Waals surface area contributed by atoms with Gasteiger partial charge in [0.25, 0.3) is 0 Å². The van der Waals surface area contributed by atoms with Crippen molar-refractivity contribution in [3.63, 3.8) is 0 Å². The molecule has 4 N–H and O–H groups in total. The van der Waals surface area contributed by atoms with Crippen LogP contribution in [0.15, 0.2) is 29.1 Å². The van der Waals surface area contributed by atoms with Gasteiger partial charge in [-0.25, -0.2) is 9.89 Å². The molecular formula is C15H22N4O2. The van der Waals surface area contributed by atoms with Crippen molar-refractivity contribution in [1.29, 1.82) is 0 Å². The summed E-state index contributed by atoms with van der Waals surface area (Å²) >= 11 is 0. The molecule has 21 heavy (non-hydrogen) atoms. The number of H-pyrrole nitrogens is 2. The van der Waals surface area contributed by atoms with Gasteiger partial charge in [0.2, 0.25) is 0 Å². The zero-order chi connectivity index (χ0) is 15.5. The normalized spacial score (nSPS) is 13.1. The van der Waals surface area contributed by atoms with Crippen LogP contribution in [-0.4, -0.2) is 32.9 Å². The van der Waals surface area contributed by atoms with Crippen LogP contribution in [0.25, 0.3) is 0 Å². The number of aromatic amines is 2. The minimum absolute atomic E-state index is 0.129. The molecule has 0 aliphatic heterocycles. The van der Waals surface area contributed by atoms with Crippen molar-refractivity contribution in [2.24, 2.45) is 0 Å². The van der Waals surface area contributed by atoms with Crippen LogP contribution in [0.5, 0.6) is 0 Å². The number of anilines is 1.